The molecule has 3 rings (SSSR count). The Balaban J connectivity index is 1.42. The fraction of sp³-hybridized carbons (Fsp3) is 0.300. The molecule has 0 unspecified atom stereocenters. The maximum Gasteiger partial charge on any atom is 0.307 e. The minimum absolute atomic E-state index is 0.0543. The van der Waals surface area contributed by atoms with Gasteiger partial charge in [-0.25, -0.2) is 8.42 Å². The summed E-state index contributed by atoms with van der Waals surface area (Å²) < 4.78 is 37.1. The average Bonchev–Trinajstić information content (AvgIpc) is 2.96. The SMILES string of the molecule is CCc1cccc(OCCOC(=O)CCN=C2NS(=O)(=O)c3ccccc32)c1. The van der Waals surface area contributed by atoms with E-state index in [1.165, 1.54) is 11.6 Å². The molecule has 1 heterocycles. The first-order valence-electron chi connectivity index (χ1n) is 9.03. The highest BCUT2D eigenvalue weighted by Crippen LogP contribution is 2.22. The smallest absolute Gasteiger partial charge is 0.307 e. The second-order valence-electron chi connectivity index (χ2n) is 6.15. The van der Waals surface area contributed by atoms with Gasteiger partial charge in [-0.3, -0.25) is 14.5 Å². The van der Waals surface area contributed by atoms with Crippen LogP contribution in [-0.4, -0.2) is 40.0 Å². The number of fused-ring (bicyclic) bond motifs is 1. The number of carbonyl (C=O) groups excluding carboxylic acids is 1. The van der Waals surface area contributed by atoms with E-state index in [2.05, 4.69) is 16.6 Å². The first-order valence-corrected chi connectivity index (χ1v) is 10.5. The van der Waals surface area contributed by atoms with Gasteiger partial charge in [0, 0.05) is 5.56 Å². The summed E-state index contributed by atoms with van der Waals surface area (Å²) in [5, 5.41) is 0. The molecule has 28 heavy (non-hydrogen) atoms. The Kier molecular flexibility index (Phi) is 6.30. The van der Waals surface area contributed by atoms with Crippen molar-refractivity contribution < 1.29 is 22.7 Å². The van der Waals surface area contributed by atoms with Crippen LogP contribution in [0.25, 0.3) is 0 Å². The molecule has 0 aliphatic carbocycles. The highest BCUT2D eigenvalue weighted by molar-refractivity contribution is 7.90. The maximum absolute atomic E-state index is 12.0. The average molecular weight is 402 g/mol. The fourth-order valence-corrected chi connectivity index (χ4v) is 4.00. The van der Waals surface area contributed by atoms with E-state index in [1.807, 2.05) is 24.3 Å². The van der Waals surface area contributed by atoms with E-state index in [4.69, 9.17) is 9.47 Å². The second-order valence-corrected chi connectivity index (χ2v) is 7.80. The minimum atomic E-state index is -3.57. The third-order valence-electron chi connectivity index (χ3n) is 4.17. The summed E-state index contributed by atoms with van der Waals surface area (Å²) in [7, 11) is -3.57. The standard InChI is InChI=1S/C20H22N2O5S/c1-2-15-6-5-7-16(14-15)26-12-13-27-19(23)10-11-21-20-17-8-3-4-9-18(17)28(24,25)22-20/h3-9,14H,2,10-13H2,1H3,(H,21,22). The number of sulfonamides is 1. The number of amidine groups is 1. The second kappa shape index (κ2) is 8.88. The molecule has 1 N–H and O–H groups in total. The number of benzene rings is 2. The van der Waals surface area contributed by atoms with Gasteiger partial charge in [-0.1, -0.05) is 31.2 Å². The maximum atomic E-state index is 12.0. The molecule has 2 aromatic rings. The van der Waals surface area contributed by atoms with Gasteiger partial charge in [0.25, 0.3) is 10.0 Å². The van der Waals surface area contributed by atoms with E-state index >= 15 is 0 Å². The molecule has 2 aromatic carbocycles. The van der Waals surface area contributed by atoms with Crippen LogP contribution in [0.2, 0.25) is 0 Å². The Labute approximate surface area is 164 Å². The van der Waals surface area contributed by atoms with Gasteiger partial charge in [0.15, 0.2) is 0 Å². The third kappa shape index (κ3) is 4.89. The van der Waals surface area contributed by atoms with Crippen LogP contribution in [0.15, 0.2) is 58.4 Å². The zero-order valence-corrected chi connectivity index (χ0v) is 16.4. The Morgan fingerprint density at radius 1 is 1.11 bits per heavy atom. The van der Waals surface area contributed by atoms with Crippen LogP contribution in [-0.2, 0) is 26.0 Å². The molecule has 7 nitrogen and oxygen atoms in total. The number of aryl methyl sites for hydroxylation is 1. The van der Waals surface area contributed by atoms with Crippen LogP contribution in [0.1, 0.15) is 24.5 Å². The zero-order chi connectivity index (χ0) is 20.0. The molecule has 1 aliphatic heterocycles. The van der Waals surface area contributed by atoms with E-state index in [9.17, 15) is 13.2 Å². The number of nitrogens with one attached hydrogen (secondary N) is 1. The number of hydrogen-bond donors (Lipinski definition) is 1. The predicted octanol–water partition coefficient (Wildman–Crippen LogP) is 2.30. The highest BCUT2D eigenvalue weighted by atomic mass is 32.2. The molecule has 1 aliphatic rings. The van der Waals surface area contributed by atoms with Gasteiger partial charge in [0.05, 0.1) is 17.9 Å². The van der Waals surface area contributed by atoms with Crippen molar-refractivity contribution >= 4 is 21.8 Å². The van der Waals surface area contributed by atoms with Crippen molar-refractivity contribution in [3.8, 4) is 5.75 Å². The van der Waals surface area contributed by atoms with Gasteiger partial charge < -0.3 is 9.47 Å². The molecule has 8 heteroatoms. The summed E-state index contributed by atoms with van der Waals surface area (Å²) in [6.07, 6.45) is 0.980. The van der Waals surface area contributed by atoms with Gasteiger partial charge in [0.2, 0.25) is 0 Å². The molecule has 0 fully saturated rings. The third-order valence-corrected chi connectivity index (χ3v) is 5.57. The van der Waals surface area contributed by atoms with Crippen LogP contribution >= 0.6 is 0 Å². The predicted molar refractivity (Wildman–Crippen MR) is 105 cm³/mol. The number of aliphatic imine (C=N–C) groups is 1. The normalized spacial score (nSPS) is 15.7. The molecular weight excluding hydrogens is 380 g/mol. The first-order chi connectivity index (χ1) is 13.5. The Morgan fingerprint density at radius 3 is 2.75 bits per heavy atom. The Hall–Kier alpha value is -2.87. The molecule has 0 saturated heterocycles. The number of carbonyl (C=O) groups is 1. The van der Waals surface area contributed by atoms with E-state index in [0.717, 1.165) is 12.2 Å². The lowest BCUT2D eigenvalue weighted by atomic mass is 10.2. The van der Waals surface area contributed by atoms with Crippen molar-refractivity contribution in [1.82, 2.24) is 4.72 Å². The monoisotopic (exact) mass is 402 g/mol. The summed E-state index contributed by atoms with van der Waals surface area (Å²) in [4.78, 5) is 16.2. The Morgan fingerprint density at radius 2 is 1.93 bits per heavy atom. The van der Waals surface area contributed by atoms with Crippen molar-refractivity contribution in [2.45, 2.75) is 24.7 Å². The minimum Gasteiger partial charge on any atom is -0.490 e. The number of rotatable bonds is 8. The van der Waals surface area contributed by atoms with Gasteiger partial charge in [-0.15, -0.1) is 0 Å². The van der Waals surface area contributed by atoms with E-state index in [1.54, 1.807) is 18.2 Å². The lowest BCUT2D eigenvalue weighted by molar-refractivity contribution is -0.144. The first kappa shape index (κ1) is 19.9. The number of esters is 1. The van der Waals surface area contributed by atoms with Crippen molar-refractivity contribution in [2.75, 3.05) is 19.8 Å². The fourth-order valence-electron chi connectivity index (χ4n) is 2.75. The van der Waals surface area contributed by atoms with E-state index < -0.39 is 16.0 Å². The van der Waals surface area contributed by atoms with Crippen molar-refractivity contribution in [3.63, 3.8) is 0 Å². The summed E-state index contributed by atoms with van der Waals surface area (Å²) in [5.41, 5.74) is 1.69. The quantitative estimate of drug-likeness (QED) is 0.540. The van der Waals surface area contributed by atoms with Gasteiger partial charge in [-0.2, -0.15) is 0 Å². The molecule has 0 atom stereocenters. The topological polar surface area (TPSA) is 94.1 Å². The largest absolute Gasteiger partial charge is 0.490 e. The summed E-state index contributed by atoms with van der Waals surface area (Å²) in [6.45, 7) is 2.60. The van der Waals surface area contributed by atoms with Gasteiger partial charge in [-0.05, 0) is 36.2 Å². The molecule has 0 amide bonds. The van der Waals surface area contributed by atoms with Crippen LogP contribution in [0.4, 0.5) is 0 Å². The molecular formula is C20H22N2O5S. The van der Waals surface area contributed by atoms with E-state index in [0.29, 0.717) is 5.56 Å². The van der Waals surface area contributed by atoms with Crippen LogP contribution in [0, 0.1) is 0 Å². The number of hydrogen-bond acceptors (Lipinski definition) is 6. The number of ether oxygens (including phenoxy) is 2. The lowest BCUT2D eigenvalue weighted by Crippen LogP contribution is -2.22. The van der Waals surface area contributed by atoms with Crippen LogP contribution in [0.3, 0.4) is 0 Å². The summed E-state index contributed by atoms with van der Waals surface area (Å²) in [5.74, 6) is 0.584. The Bertz CT molecular complexity index is 986. The van der Waals surface area contributed by atoms with Gasteiger partial charge in [0.1, 0.15) is 24.8 Å². The highest BCUT2D eigenvalue weighted by Gasteiger charge is 2.29. The van der Waals surface area contributed by atoms with Crippen molar-refractivity contribution in [3.05, 3.63) is 59.7 Å². The molecule has 0 radical (unpaired) electrons. The summed E-state index contributed by atoms with van der Waals surface area (Å²) in [6, 6.07) is 14.3. The van der Waals surface area contributed by atoms with Gasteiger partial charge >= 0.3 is 5.97 Å². The molecule has 0 bridgehead atoms. The van der Waals surface area contributed by atoms with Crippen molar-refractivity contribution in [2.24, 2.45) is 4.99 Å². The summed E-state index contributed by atoms with van der Waals surface area (Å²) >= 11 is 0. The molecule has 0 aromatic heterocycles. The van der Waals surface area contributed by atoms with Crippen LogP contribution in [0.5, 0.6) is 5.75 Å². The number of nitrogens with zero attached hydrogens (tertiary/aromatic N) is 1. The van der Waals surface area contributed by atoms with Crippen LogP contribution < -0.4 is 9.46 Å². The molecule has 0 spiro atoms. The molecule has 0 saturated carbocycles. The lowest BCUT2D eigenvalue weighted by Gasteiger charge is -2.08. The molecule has 148 valence electrons. The van der Waals surface area contributed by atoms with Crippen molar-refractivity contribution in [1.29, 1.82) is 0 Å². The van der Waals surface area contributed by atoms with E-state index in [-0.39, 0.29) is 36.9 Å². The zero-order valence-electron chi connectivity index (χ0n) is 15.6.